The summed E-state index contributed by atoms with van der Waals surface area (Å²) in [5.74, 6) is -1.50. The third-order valence-electron chi connectivity index (χ3n) is 10.8. The number of rotatable bonds is 22. The Kier molecular flexibility index (Phi) is 18.5. The number of amides is 2. The second kappa shape index (κ2) is 22.2. The molecule has 13 heteroatoms. The van der Waals surface area contributed by atoms with Crippen LogP contribution in [0, 0.1) is 23.7 Å². The first-order valence-electron chi connectivity index (χ1n) is 19.6. The van der Waals surface area contributed by atoms with Crippen LogP contribution in [0.3, 0.4) is 0 Å². The molecule has 54 heavy (non-hydrogen) atoms. The van der Waals surface area contributed by atoms with Crippen molar-refractivity contribution in [1.82, 2.24) is 20.1 Å². The van der Waals surface area contributed by atoms with Crippen molar-refractivity contribution in [1.29, 1.82) is 0 Å². The van der Waals surface area contributed by atoms with Crippen molar-refractivity contribution in [3.05, 3.63) is 45.9 Å². The van der Waals surface area contributed by atoms with Gasteiger partial charge >= 0.3 is 5.97 Å². The van der Waals surface area contributed by atoms with Gasteiger partial charge in [0.05, 0.1) is 18.6 Å². The zero-order valence-electron chi connectivity index (χ0n) is 34.0. The largest absolute Gasteiger partial charge is 0.466 e. The SMILES string of the molecule is CCOC(=O)C(C)C[C@H](Cc1ccc(N)cc1)NC(=O)c1csc([C@@H](C[C@H](C(C)C)N(COC)C(=O)[C@@H](CC(=O)[C@H]2CCCCN2C)[C@@H](C)CC)OC)n1. The van der Waals surface area contributed by atoms with Crippen LogP contribution >= 0.6 is 11.3 Å². The number of hydrogen-bond acceptors (Lipinski definition) is 11. The molecule has 2 amide bonds. The van der Waals surface area contributed by atoms with Crippen molar-refractivity contribution in [3.8, 4) is 0 Å². The standard InChI is InChI=1S/C41H65N5O7S/c1-10-27(5)32(22-36(47)34-14-12-13-19-45(34)7)40(49)46(25-51-8)35(26(3)4)23-37(52-9)39-44-33(24-54-39)38(48)43-31(20-28(6)41(50)53-11-2)21-29-15-17-30(42)18-16-29/h15-18,24,26-28,31-32,34-35,37H,10-14,19-23,25,42H2,1-9H3,(H,43,48)/t27-,28?,31+,32-,34+,35+,37+/m0/s1. The number of methoxy groups -OCH3 is 2. The number of aromatic nitrogens is 1. The van der Waals surface area contributed by atoms with E-state index < -0.39 is 17.9 Å². The number of nitrogen functional groups attached to an aromatic ring is 1. The molecular formula is C41H65N5O7S. The summed E-state index contributed by atoms with van der Waals surface area (Å²) in [6.07, 6.45) is 4.68. The van der Waals surface area contributed by atoms with Crippen LogP contribution in [0.25, 0.3) is 0 Å². The Balaban J connectivity index is 1.81. The summed E-state index contributed by atoms with van der Waals surface area (Å²) in [6.45, 7) is 13.0. The number of piperidine rings is 1. The Morgan fingerprint density at radius 1 is 1.06 bits per heavy atom. The van der Waals surface area contributed by atoms with E-state index in [9.17, 15) is 19.2 Å². The molecule has 3 rings (SSSR count). The number of benzene rings is 1. The van der Waals surface area contributed by atoms with E-state index in [-0.39, 0.29) is 79.0 Å². The summed E-state index contributed by atoms with van der Waals surface area (Å²) in [5.41, 5.74) is 7.75. The first-order chi connectivity index (χ1) is 25.7. The van der Waals surface area contributed by atoms with Gasteiger partial charge in [-0.3, -0.25) is 24.1 Å². The fourth-order valence-corrected chi connectivity index (χ4v) is 8.23. The zero-order valence-corrected chi connectivity index (χ0v) is 34.8. The number of carbonyl (C=O) groups is 4. The van der Waals surface area contributed by atoms with Crippen molar-refractivity contribution in [2.24, 2.45) is 23.7 Å². The predicted octanol–water partition coefficient (Wildman–Crippen LogP) is 6.30. The topological polar surface area (TPSA) is 153 Å². The van der Waals surface area contributed by atoms with E-state index in [1.54, 1.807) is 38.3 Å². The molecule has 302 valence electrons. The van der Waals surface area contributed by atoms with E-state index in [1.165, 1.54) is 11.3 Å². The monoisotopic (exact) mass is 771 g/mol. The van der Waals surface area contributed by atoms with E-state index in [4.69, 9.17) is 24.9 Å². The number of likely N-dealkylation sites (N-methyl/N-ethyl adjacent to an activating group) is 1. The number of Topliss-reactive ketones (excluding diaryl/α,β-unsaturated/α-hetero) is 1. The number of likely N-dealkylation sites (tertiary alicyclic amines) is 1. The minimum absolute atomic E-state index is 0.00454. The summed E-state index contributed by atoms with van der Waals surface area (Å²) in [4.78, 5) is 63.0. The minimum Gasteiger partial charge on any atom is -0.466 e. The molecule has 1 aliphatic heterocycles. The molecule has 1 aromatic carbocycles. The highest BCUT2D eigenvalue weighted by atomic mass is 32.1. The smallest absolute Gasteiger partial charge is 0.308 e. The number of anilines is 1. The van der Waals surface area contributed by atoms with Gasteiger partial charge in [0, 0.05) is 56.1 Å². The predicted molar refractivity (Wildman–Crippen MR) is 213 cm³/mol. The maximum atomic E-state index is 14.5. The fourth-order valence-electron chi connectivity index (χ4n) is 7.34. The lowest BCUT2D eigenvalue weighted by atomic mass is 9.82. The molecule has 0 aliphatic carbocycles. The fraction of sp³-hybridized carbons (Fsp3) is 0.683. The average molecular weight is 772 g/mol. The molecule has 0 bridgehead atoms. The Bertz CT molecular complexity index is 1480. The molecule has 1 saturated heterocycles. The van der Waals surface area contributed by atoms with Gasteiger partial charge < -0.3 is 30.2 Å². The maximum Gasteiger partial charge on any atom is 0.308 e. The molecule has 0 spiro atoms. The number of hydrogen-bond donors (Lipinski definition) is 2. The van der Waals surface area contributed by atoms with Gasteiger partial charge in [0.25, 0.3) is 5.91 Å². The van der Waals surface area contributed by atoms with Crippen LogP contribution in [0.1, 0.15) is 114 Å². The van der Waals surface area contributed by atoms with Crippen LogP contribution in [-0.4, -0.2) is 97.6 Å². The zero-order chi connectivity index (χ0) is 39.9. The van der Waals surface area contributed by atoms with E-state index >= 15 is 0 Å². The van der Waals surface area contributed by atoms with Crippen LogP contribution in [-0.2, 0) is 35.0 Å². The van der Waals surface area contributed by atoms with E-state index in [2.05, 4.69) is 31.0 Å². The highest BCUT2D eigenvalue weighted by Gasteiger charge is 2.38. The van der Waals surface area contributed by atoms with Gasteiger partial charge in [-0.1, -0.05) is 59.6 Å². The Labute approximate surface area is 326 Å². The number of nitrogens with zero attached hydrogens (tertiary/aromatic N) is 3. The summed E-state index contributed by atoms with van der Waals surface area (Å²) >= 11 is 1.33. The number of thiazole rings is 1. The lowest BCUT2D eigenvalue weighted by molar-refractivity contribution is -0.150. The third kappa shape index (κ3) is 12.8. The van der Waals surface area contributed by atoms with E-state index in [0.29, 0.717) is 30.0 Å². The molecule has 0 saturated carbocycles. The normalized spacial score (nSPS) is 18.3. The van der Waals surface area contributed by atoms with Crippen LogP contribution in [0.2, 0.25) is 0 Å². The molecule has 3 N–H and O–H groups in total. The molecule has 12 nitrogen and oxygen atoms in total. The van der Waals surface area contributed by atoms with E-state index in [1.807, 2.05) is 38.2 Å². The summed E-state index contributed by atoms with van der Waals surface area (Å²) in [6, 6.07) is 6.63. The van der Waals surface area contributed by atoms with Crippen LogP contribution in [0.5, 0.6) is 0 Å². The van der Waals surface area contributed by atoms with Crippen molar-refractivity contribution in [3.63, 3.8) is 0 Å². The van der Waals surface area contributed by atoms with Gasteiger partial charge in [0.1, 0.15) is 23.5 Å². The van der Waals surface area contributed by atoms with Gasteiger partial charge in [-0.05, 0) is 75.7 Å². The summed E-state index contributed by atoms with van der Waals surface area (Å²) < 4.78 is 16.8. The summed E-state index contributed by atoms with van der Waals surface area (Å²) in [7, 11) is 5.18. The third-order valence-corrected chi connectivity index (χ3v) is 11.8. The van der Waals surface area contributed by atoms with Crippen LogP contribution in [0.15, 0.2) is 29.6 Å². The highest BCUT2D eigenvalue weighted by molar-refractivity contribution is 7.09. The minimum atomic E-state index is -0.509. The number of carbonyl (C=O) groups excluding carboxylic acids is 4. The number of esters is 1. The van der Waals surface area contributed by atoms with Gasteiger partial charge in [-0.25, -0.2) is 4.98 Å². The molecule has 7 atom stereocenters. The van der Waals surface area contributed by atoms with Gasteiger partial charge in [-0.15, -0.1) is 11.3 Å². The lowest BCUT2D eigenvalue weighted by Crippen LogP contribution is -2.50. The van der Waals surface area contributed by atoms with Crippen LogP contribution in [0.4, 0.5) is 5.69 Å². The number of nitrogens with two attached hydrogens (primary N) is 1. The summed E-state index contributed by atoms with van der Waals surface area (Å²) in [5, 5.41) is 5.42. The van der Waals surface area contributed by atoms with Crippen LogP contribution < -0.4 is 11.1 Å². The highest BCUT2D eigenvalue weighted by Crippen LogP contribution is 2.33. The molecule has 0 radical (unpaired) electrons. The lowest BCUT2D eigenvalue weighted by Gasteiger charge is -2.39. The molecule has 1 fully saturated rings. The molecular weight excluding hydrogens is 707 g/mol. The van der Waals surface area contributed by atoms with Crippen molar-refractivity contribution >= 4 is 40.6 Å². The Morgan fingerprint density at radius 2 is 1.76 bits per heavy atom. The van der Waals surface area contributed by atoms with Gasteiger partial charge in [0.15, 0.2) is 5.78 Å². The molecule has 1 aliphatic rings. The number of ketones is 1. The Morgan fingerprint density at radius 3 is 2.35 bits per heavy atom. The molecule has 1 aromatic heterocycles. The van der Waals surface area contributed by atoms with Gasteiger partial charge in [0.2, 0.25) is 5.91 Å². The second-order valence-corrected chi connectivity index (χ2v) is 16.1. The number of ether oxygens (including phenoxy) is 3. The quantitative estimate of drug-likeness (QED) is 0.0793. The van der Waals surface area contributed by atoms with Crippen molar-refractivity contribution in [2.75, 3.05) is 46.9 Å². The first-order valence-corrected chi connectivity index (χ1v) is 20.4. The van der Waals surface area contributed by atoms with Crippen molar-refractivity contribution < 1.29 is 33.4 Å². The average Bonchev–Trinajstić information content (AvgIpc) is 3.64. The van der Waals surface area contributed by atoms with E-state index in [0.717, 1.165) is 37.8 Å². The molecule has 1 unspecified atom stereocenters. The second-order valence-electron chi connectivity index (χ2n) is 15.2. The molecule has 2 heterocycles. The molecule has 2 aromatic rings. The Hall–Kier alpha value is -3.39. The maximum absolute atomic E-state index is 14.5. The van der Waals surface area contributed by atoms with Crippen molar-refractivity contribution in [2.45, 2.75) is 117 Å². The first kappa shape index (κ1) is 45.0. The number of nitrogens with one attached hydrogen (secondary N) is 1. The van der Waals surface area contributed by atoms with Gasteiger partial charge in [-0.2, -0.15) is 0 Å².